The number of hydrogen-bond acceptors (Lipinski definition) is 1. The summed E-state index contributed by atoms with van der Waals surface area (Å²) in [6.45, 7) is 11.3. The lowest BCUT2D eigenvalue weighted by Crippen LogP contribution is -2.33. The third-order valence-corrected chi connectivity index (χ3v) is 4.10. The van der Waals surface area contributed by atoms with Crippen LogP contribution in [0.5, 0.6) is 0 Å². The molecule has 0 aliphatic heterocycles. The first-order chi connectivity index (χ1) is 7.30. The van der Waals surface area contributed by atoms with Crippen molar-refractivity contribution in [3.05, 3.63) is 23.5 Å². The highest BCUT2D eigenvalue weighted by molar-refractivity contribution is 5.29. The average Bonchev–Trinajstić information content (AvgIpc) is 2.18. The molecule has 0 bridgehead atoms. The highest BCUT2D eigenvalue weighted by atomic mass is 16.3. The van der Waals surface area contributed by atoms with Gasteiger partial charge in [-0.1, -0.05) is 47.1 Å². The molecule has 0 radical (unpaired) electrons. The molecule has 0 aromatic heterocycles. The summed E-state index contributed by atoms with van der Waals surface area (Å²) in [6, 6.07) is 0. The fourth-order valence-corrected chi connectivity index (χ4v) is 2.10. The van der Waals surface area contributed by atoms with E-state index in [0.29, 0.717) is 5.76 Å². The zero-order valence-electron chi connectivity index (χ0n) is 11.4. The number of allylic oxidation sites excluding steroid dienone is 3. The van der Waals surface area contributed by atoms with Crippen LogP contribution in [-0.4, -0.2) is 5.11 Å². The predicted molar refractivity (Wildman–Crippen MR) is 70.5 cm³/mol. The van der Waals surface area contributed by atoms with Crippen molar-refractivity contribution in [2.24, 2.45) is 10.8 Å². The molecule has 92 valence electrons. The van der Waals surface area contributed by atoms with Crippen molar-refractivity contribution in [3.63, 3.8) is 0 Å². The lowest BCUT2D eigenvalue weighted by atomic mass is 9.63. The van der Waals surface area contributed by atoms with Crippen molar-refractivity contribution >= 4 is 0 Å². The van der Waals surface area contributed by atoms with Crippen LogP contribution in [0, 0.1) is 10.8 Å². The molecule has 0 amide bonds. The molecule has 0 saturated heterocycles. The molecule has 1 aliphatic carbocycles. The van der Waals surface area contributed by atoms with Crippen molar-refractivity contribution in [1.29, 1.82) is 0 Å². The van der Waals surface area contributed by atoms with E-state index in [-0.39, 0.29) is 10.8 Å². The first-order valence-electron chi connectivity index (χ1n) is 6.40. The van der Waals surface area contributed by atoms with Gasteiger partial charge in [-0.15, -0.1) is 0 Å². The van der Waals surface area contributed by atoms with Crippen LogP contribution >= 0.6 is 0 Å². The lowest BCUT2D eigenvalue weighted by molar-refractivity contribution is 0.160. The van der Waals surface area contributed by atoms with Crippen molar-refractivity contribution in [2.75, 3.05) is 0 Å². The van der Waals surface area contributed by atoms with Crippen molar-refractivity contribution in [3.8, 4) is 0 Å². The molecular formula is C15H26O. The van der Waals surface area contributed by atoms with Crippen LogP contribution in [0.4, 0.5) is 0 Å². The van der Waals surface area contributed by atoms with Crippen LogP contribution in [0.3, 0.4) is 0 Å². The molecule has 1 nitrogen and oxygen atoms in total. The SMILES string of the molecule is CCCCC1=C(O)C=CC(C)(C(C)(C)C)C1. The zero-order chi connectivity index (χ0) is 12.4. The van der Waals surface area contributed by atoms with Gasteiger partial charge >= 0.3 is 0 Å². The molecule has 0 heterocycles. The summed E-state index contributed by atoms with van der Waals surface area (Å²) in [5, 5.41) is 9.89. The van der Waals surface area contributed by atoms with Crippen LogP contribution in [0.25, 0.3) is 0 Å². The Hall–Kier alpha value is -0.720. The molecule has 1 atom stereocenters. The normalized spacial score (nSPS) is 26.3. The maximum Gasteiger partial charge on any atom is 0.114 e. The predicted octanol–water partition coefficient (Wildman–Crippen LogP) is 5.00. The third kappa shape index (κ3) is 2.69. The maximum atomic E-state index is 9.89. The van der Waals surface area contributed by atoms with Gasteiger partial charge in [0.25, 0.3) is 0 Å². The molecule has 0 aromatic carbocycles. The largest absolute Gasteiger partial charge is 0.508 e. The van der Waals surface area contributed by atoms with Crippen molar-refractivity contribution in [2.45, 2.75) is 60.3 Å². The van der Waals surface area contributed by atoms with Crippen LogP contribution in [0.2, 0.25) is 0 Å². The monoisotopic (exact) mass is 222 g/mol. The molecule has 0 spiro atoms. The van der Waals surface area contributed by atoms with Crippen molar-refractivity contribution < 1.29 is 5.11 Å². The second-order valence-corrected chi connectivity index (χ2v) is 6.27. The van der Waals surface area contributed by atoms with E-state index in [1.165, 1.54) is 18.4 Å². The Balaban J connectivity index is 2.85. The van der Waals surface area contributed by atoms with Crippen molar-refractivity contribution in [1.82, 2.24) is 0 Å². The minimum absolute atomic E-state index is 0.169. The van der Waals surface area contributed by atoms with E-state index in [2.05, 4.69) is 40.7 Å². The van der Waals surface area contributed by atoms with E-state index in [0.717, 1.165) is 12.8 Å². The van der Waals surface area contributed by atoms with E-state index >= 15 is 0 Å². The van der Waals surface area contributed by atoms with Gasteiger partial charge in [0.05, 0.1) is 0 Å². The standard InChI is InChI=1S/C15H26O/c1-6-7-8-12-11-15(5,14(2,3)4)10-9-13(12)16/h9-10,16H,6-8,11H2,1-5H3. The third-order valence-electron chi connectivity index (χ3n) is 4.10. The van der Waals surface area contributed by atoms with Gasteiger partial charge in [-0.3, -0.25) is 0 Å². The smallest absolute Gasteiger partial charge is 0.114 e. The van der Waals surface area contributed by atoms with Gasteiger partial charge in [-0.2, -0.15) is 0 Å². The number of aliphatic hydroxyl groups is 1. The minimum Gasteiger partial charge on any atom is -0.508 e. The highest BCUT2D eigenvalue weighted by Gasteiger charge is 2.37. The first kappa shape index (κ1) is 13.3. The fraction of sp³-hybridized carbons (Fsp3) is 0.733. The Morgan fingerprint density at radius 1 is 1.38 bits per heavy atom. The van der Waals surface area contributed by atoms with E-state index in [9.17, 15) is 5.11 Å². The van der Waals surface area contributed by atoms with E-state index < -0.39 is 0 Å². The molecule has 0 aromatic rings. The van der Waals surface area contributed by atoms with Gasteiger partial charge in [-0.25, -0.2) is 0 Å². The molecule has 16 heavy (non-hydrogen) atoms. The van der Waals surface area contributed by atoms with Crippen LogP contribution in [0.1, 0.15) is 60.3 Å². The topological polar surface area (TPSA) is 20.2 Å². The Morgan fingerprint density at radius 3 is 2.50 bits per heavy atom. The van der Waals surface area contributed by atoms with Gasteiger partial charge in [0.15, 0.2) is 0 Å². The Kier molecular flexibility index (Phi) is 3.88. The maximum absolute atomic E-state index is 9.89. The van der Waals surface area contributed by atoms with Crippen LogP contribution in [0.15, 0.2) is 23.5 Å². The van der Waals surface area contributed by atoms with Gasteiger partial charge in [0, 0.05) is 0 Å². The van der Waals surface area contributed by atoms with E-state index in [4.69, 9.17) is 0 Å². The van der Waals surface area contributed by atoms with E-state index in [1.807, 2.05) is 6.08 Å². The molecular weight excluding hydrogens is 196 g/mol. The van der Waals surface area contributed by atoms with Gasteiger partial charge in [0.1, 0.15) is 5.76 Å². The molecule has 1 N–H and O–H groups in total. The quantitative estimate of drug-likeness (QED) is 0.712. The summed E-state index contributed by atoms with van der Waals surface area (Å²) < 4.78 is 0. The Bertz CT molecular complexity index is 304. The first-order valence-corrected chi connectivity index (χ1v) is 6.40. The summed E-state index contributed by atoms with van der Waals surface area (Å²) in [5.74, 6) is 0.509. The fourth-order valence-electron chi connectivity index (χ4n) is 2.10. The summed E-state index contributed by atoms with van der Waals surface area (Å²) in [5.41, 5.74) is 1.64. The number of aliphatic hydroxyl groups excluding tert-OH is 1. The second-order valence-electron chi connectivity index (χ2n) is 6.27. The summed E-state index contributed by atoms with van der Waals surface area (Å²) >= 11 is 0. The Morgan fingerprint density at radius 2 is 2.00 bits per heavy atom. The van der Waals surface area contributed by atoms with Gasteiger partial charge in [-0.05, 0) is 41.7 Å². The minimum atomic E-state index is 0.169. The summed E-state index contributed by atoms with van der Waals surface area (Å²) in [6.07, 6.45) is 8.48. The van der Waals surface area contributed by atoms with Gasteiger partial charge < -0.3 is 5.11 Å². The molecule has 0 saturated carbocycles. The number of hydrogen-bond donors (Lipinski definition) is 1. The highest BCUT2D eigenvalue weighted by Crippen LogP contribution is 2.47. The second kappa shape index (κ2) is 4.65. The number of unbranched alkanes of at least 4 members (excludes halogenated alkanes) is 1. The zero-order valence-corrected chi connectivity index (χ0v) is 11.4. The average molecular weight is 222 g/mol. The Labute approximate surface area is 100 Å². The molecule has 1 heteroatoms. The van der Waals surface area contributed by atoms with Crippen LogP contribution in [-0.2, 0) is 0 Å². The lowest BCUT2D eigenvalue weighted by Gasteiger charge is -2.42. The van der Waals surface area contributed by atoms with Crippen LogP contribution < -0.4 is 0 Å². The summed E-state index contributed by atoms with van der Waals surface area (Å²) in [7, 11) is 0. The van der Waals surface area contributed by atoms with E-state index in [1.54, 1.807) is 0 Å². The number of rotatable bonds is 3. The molecule has 1 rings (SSSR count). The molecule has 1 aliphatic rings. The molecule has 1 unspecified atom stereocenters. The summed E-state index contributed by atoms with van der Waals surface area (Å²) in [4.78, 5) is 0. The molecule has 0 fully saturated rings. The van der Waals surface area contributed by atoms with Gasteiger partial charge in [0.2, 0.25) is 0 Å².